The number of imidazole rings is 1. The molecular weight excluding hydrogens is 410 g/mol. The Bertz CT molecular complexity index is 1520. The SMILES string of the molecule is COc1cccc(-c2nn(-c3ccccc3)cc2C=C(C#N)c2nc3ccccc3n2C)c1. The summed E-state index contributed by atoms with van der Waals surface area (Å²) in [7, 11) is 3.56. The predicted octanol–water partition coefficient (Wildman–Crippen LogP) is 5.50. The average molecular weight is 431 g/mol. The Balaban J connectivity index is 1.69. The van der Waals surface area contributed by atoms with Gasteiger partial charge in [-0.3, -0.25) is 0 Å². The Labute approximate surface area is 191 Å². The molecule has 6 nitrogen and oxygen atoms in total. The zero-order chi connectivity index (χ0) is 22.8. The molecule has 0 aliphatic heterocycles. The fourth-order valence-electron chi connectivity index (χ4n) is 3.89. The average Bonchev–Trinajstić information content (AvgIpc) is 3.44. The third-order valence-corrected chi connectivity index (χ3v) is 5.55. The molecule has 6 heteroatoms. The van der Waals surface area contributed by atoms with Gasteiger partial charge in [-0.2, -0.15) is 10.4 Å². The number of methoxy groups -OCH3 is 1. The first-order valence-electron chi connectivity index (χ1n) is 10.5. The van der Waals surface area contributed by atoms with Crippen LogP contribution in [0.25, 0.3) is 39.6 Å². The number of ether oxygens (including phenoxy) is 1. The van der Waals surface area contributed by atoms with E-state index in [1.165, 1.54) is 0 Å². The Hall–Kier alpha value is -4.63. The van der Waals surface area contributed by atoms with Crippen LogP contribution in [0.5, 0.6) is 5.75 Å². The molecule has 0 bridgehead atoms. The third-order valence-electron chi connectivity index (χ3n) is 5.55. The Morgan fingerprint density at radius 3 is 2.55 bits per heavy atom. The van der Waals surface area contributed by atoms with Gasteiger partial charge in [0, 0.05) is 24.4 Å². The minimum atomic E-state index is 0.463. The molecule has 5 aromatic rings. The monoisotopic (exact) mass is 431 g/mol. The highest BCUT2D eigenvalue weighted by Gasteiger charge is 2.16. The highest BCUT2D eigenvalue weighted by Crippen LogP contribution is 2.30. The lowest BCUT2D eigenvalue weighted by Gasteiger charge is -2.04. The molecule has 3 aromatic carbocycles. The van der Waals surface area contributed by atoms with Crippen molar-refractivity contribution >= 4 is 22.7 Å². The second-order valence-corrected chi connectivity index (χ2v) is 7.60. The minimum absolute atomic E-state index is 0.463. The number of hydrogen-bond acceptors (Lipinski definition) is 4. The molecule has 0 fully saturated rings. The first-order chi connectivity index (χ1) is 16.2. The number of fused-ring (bicyclic) bond motifs is 1. The molecule has 2 aromatic heterocycles. The third kappa shape index (κ3) is 3.77. The normalized spacial score (nSPS) is 11.5. The summed E-state index contributed by atoms with van der Waals surface area (Å²) in [6.07, 6.45) is 3.78. The highest BCUT2D eigenvalue weighted by molar-refractivity contribution is 5.93. The number of hydrogen-bond donors (Lipinski definition) is 0. The van der Waals surface area contributed by atoms with Crippen molar-refractivity contribution in [1.82, 2.24) is 19.3 Å². The van der Waals surface area contributed by atoms with Crippen molar-refractivity contribution in [1.29, 1.82) is 5.26 Å². The summed E-state index contributed by atoms with van der Waals surface area (Å²) in [5, 5.41) is 14.9. The molecule has 0 aliphatic rings. The van der Waals surface area contributed by atoms with Gasteiger partial charge in [0.15, 0.2) is 5.82 Å². The van der Waals surface area contributed by atoms with Crippen LogP contribution in [0.15, 0.2) is 85.1 Å². The van der Waals surface area contributed by atoms with Crippen LogP contribution >= 0.6 is 0 Å². The second-order valence-electron chi connectivity index (χ2n) is 7.60. The lowest BCUT2D eigenvalue weighted by Crippen LogP contribution is -1.96. The highest BCUT2D eigenvalue weighted by atomic mass is 16.5. The Morgan fingerprint density at radius 2 is 1.79 bits per heavy atom. The molecule has 0 spiro atoms. The molecule has 0 radical (unpaired) electrons. The van der Waals surface area contributed by atoms with Gasteiger partial charge in [0.2, 0.25) is 0 Å². The molecule has 5 rings (SSSR count). The number of allylic oxidation sites excluding steroid dienone is 1. The van der Waals surface area contributed by atoms with Crippen LogP contribution in [0, 0.1) is 11.3 Å². The van der Waals surface area contributed by atoms with E-state index in [1.807, 2.05) is 107 Å². The standard InChI is InChI=1S/C27H21N5O/c1-31-25-14-7-6-13-24(25)29-27(31)20(17-28)15-21-18-32(22-10-4-3-5-11-22)30-26(21)19-9-8-12-23(16-19)33-2/h3-16,18H,1-2H3. The molecule has 2 heterocycles. The van der Waals surface area contributed by atoms with Gasteiger partial charge < -0.3 is 9.30 Å². The van der Waals surface area contributed by atoms with Gasteiger partial charge in [-0.05, 0) is 42.5 Å². The summed E-state index contributed by atoms with van der Waals surface area (Å²) >= 11 is 0. The van der Waals surface area contributed by atoms with Crippen molar-refractivity contribution in [2.75, 3.05) is 7.11 Å². The van der Waals surface area contributed by atoms with Crippen LogP contribution in [0.3, 0.4) is 0 Å². The van der Waals surface area contributed by atoms with Crippen LogP contribution in [0.2, 0.25) is 0 Å². The first-order valence-corrected chi connectivity index (χ1v) is 10.5. The number of aromatic nitrogens is 4. The number of nitriles is 1. The fraction of sp³-hybridized carbons (Fsp3) is 0.0741. The molecule has 0 amide bonds. The van der Waals surface area contributed by atoms with Crippen molar-refractivity contribution < 1.29 is 4.74 Å². The van der Waals surface area contributed by atoms with Crippen molar-refractivity contribution in [3.05, 3.63) is 96.4 Å². The van der Waals surface area contributed by atoms with Gasteiger partial charge in [-0.25, -0.2) is 9.67 Å². The van der Waals surface area contributed by atoms with E-state index >= 15 is 0 Å². The van der Waals surface area contributed by atoms with E-state index < -0.39 is 0 Å². The fourth-order valence-corrected chi connectivity index (χ4v) is 3.89. The summed E-state index contributed by atoms with van der Waals surface area (Å²) in [5.74, 6) is 1.36. The lowest BCUT2D eigenvalue weighted by molar-refractivity contribution is 0.415. The first kappa shape index (κ1) is 20.3. The summed E-state index contributed by atoms with van der Waals surface area (Å²) in [6, 6.07) is 27.8. The summed E-state index contributed by atoms with van der Waals surface area (Å²) < 4.78 is 9.18. The number of benzene rings is 3. The van der Waals surface area contributed by atoms with Crippen LogP contribution in [-0.2, 0) is 7.05 Å². The van der Waals surface area contributed by atoms with Gasteiger partial charge in [-0.1, -0.05) is 42.5 Å². The smallest absolute Gasteiger partial charge is 0.151 e. The van der Waals surface area contributed by atoms with E-state index in [4.69, 9.17) is 14.8 Å². The van der Waals surface area contributed by atoms with Gasteiger partial charge in [-0.15, -0.1) is 0 Å². The molecule has 0 aliphatic carbocycles. The lowest BCUT2D eigenvalue weighted by atomic mass is 10.1. The van der Waals surface area contributed by atoms with E-state index in [2.05, 4.69) is 6.07 Å². The largest absolute Gasteiger partial charge is 0.497 e. The van der Waals surface area contributed by atoms with E-state index in [1.54, 1.807) is 7.11 Å². The van der Waals surface area contributed by atoms with Gasteiger partial charge in [0.25, 0.3) is 0 Å². The van der Waals surface area contributed by atoms with Crippen LogP contribution in [0.1, 0.15) is 11.4 Å². The Kier molecular flexibility index (Phi) is 5.21. The number of nitrogens with zero attached hydrogens (tertiary/aromatic N) is 5. The van der Waals surface area contributed by atoms with Crippen molar-refractivity contribution in [2.24, 2.45) is 7.05 Å². The predicted molar refractivity (Wildman–Crippen MR) is 130 cm³/mol. The van der Waals surface area contributed by atoms with Gasteiger partial charge >= 0.3 is 0 Å². The molecule has 0 atom stereocenters. The number of para-hydroxylation sites is 3. The molecule has 0 N–H and O–H groups in total. The van der Waals surface area contributed by atoms with E-state index in [0.717, 1.165) is 39.3 Å². The van der Waals surface area contributed by atoms with Crippen molar-refractivity contribution in [3.63, 3.8) is 0 Å². The topological polar surface area (TPSA) is 68.7 Å². The Morgan fingerprint density at radius 1 is 1.00 bits per heavy atom. The molecule has 33 heavy (non-hydrogen) atoms. The maximum Gasteiger partial charge on any atom is 0.151 e. The summed E-state index contributed by atoms with van der Waals surface area (Å²) in [6.45, 7) is 0. The quantitative estimate of drug-likeness (QED) is 0.345. The van der Waals surface area contributed by atoms with Gasteiger partial charge in [0.1, 0.15) is 17.5 Å². The van der Waals surface area contributed by atoms with E-state index in [0.29, 0.717) is 11.4 Å². The summed E-state index contributed by atoms with van der Waals surface area (Å²) in [4.78, 5) is 4.70. The molecule has 0 saturated heterocycles. The van der Waals surface area contributed by atoms with Crippen LogP contribution in [-0.4, -0.2) is 26.4 Å². The van der Waals surface area contributed by atoms with Crippen molar-refractivity contribution in [3.8, 4) is 28.8 Å². The zero-order valence-corrected chi connectivity index (χ0v) is 18.3. The number of aryl methyl sites for hydroxylation is 1. The maximum atomic E-state index is 10.0. The minimum Gasteiger partial charge on any atom is -0.497 e. The molecular formula is C27H21N5O. The molecule has 0 saturated carbocycles. The molecule has 160 valence electrons. The van der Waals surface area contributed by atoms with E-state index in [9.17, 15) is 5.26 Å². The van der Waals surface area contributed by atoms with Gasteiger partial charge in [0.05, 0.1) is 29.4 Å². The summed E-state index contributed by atoms with van der Waals surface area (Å²) in [5.41, 5.74) is 5.69. The molecule has 0 unspecified atom stereocenters. The van der Waals surface area contributed by atoms with Crippen LogP contribution < -0.4 is 4.74 Å². The number of rotatable bonds is 5. The zero-order valence-electron chi connectivity index (χ0n) is 18.3. The van der Waals surface area contributed by atoms with Crippen LogP contribution in [0.4, 0.5) is 0 Å². The van der Waals surface area contributed by atoms with E-state index in [-0.39, 0.29) is 0 Å². The maximum absolute atomic E-state index is 10.0. The second kappa shape index (κ2) is 8.48. The van der Waals surface area contributed by atoms with Crippen molar-refractivity contribution in [2.45, 2.75) is 0 Å².